The van der Waals surface area contributed by atoms with Crippen LogP contribution in [0.1, 0.15) is 48.9 Å². The van der Waals surface area contributed by atoms with Crippen LogP contribution < -0.4 is 16.0 Å². The zero-order valence-corrected chi connectivity index (χ0v) is 12.3. The number of hydrogen-bond donors (Lipinski definition) is 2. The van der Waals surface area contributed by atoms with Gasteiger partial charge in [0.2, 0.25) is 0 Å². The molecule has 1 amide bonds. The Morgan fingerprint density at radius 1 is 1.14 bits per heavy atom. The highest BCUT2D eigenvalue weighted by molar-refractivity contribution is 5.96. The van der Waals surface area contributed by atoms with Crippen LogP contribution in [0.25, 0.3) is 0 Å². The molecule has 0 bridgehead atoms. The quantitative estimate of drug-likeness (QED) is 0.278. The van der Waals surface area contributed by atoms with Crippen LogP contribution in [0.3, 0.4) is 0 Å². The van der Waals surface area contributed by atoms with E-state index in [1.807, 2.05) is 6.07 Å². The first kappa shape index (κ1) is 15.8. The molecule has 21 heavy (non-hydrogen) atoms. The Morgan fingerprint density at radius 3 is 2.57 bits per heavy atom. The fraction of sp³-hybridized carbons (Fsp3) is 0.562. The summed E-state index contributed by atoms with van der Waals surface area (Å²) in [6, 6.07) is 7.05. The summed E-state index contributed by atoms with van der Waals surface area (Å²) in [7, 11) is 0. The molecule has 0 heterocycles. The highest BCUT2D eigenvalue weighted by atomic mass is 16.5. The first-order valence-electron chi connectivity index (χ1n) is 7.65. The van der Waals surface area contributed by atoms with Gasteiger partial charge in [0.1, 0.15) is 12.4 Å². The number of nitrogens with one attached hydrogen (secondary N) is 1. The molecule has 1 saturated carbocycles. The lowest BCUT2D eigenvalue weighted by molar-refractivity contribution is 0.0252. The van der Waals surface area contributed by atoms with E-state index in [2.05, 4.69) is 5.43 Å². The molecule has 0 aromatic heterocycles. The van der Waals surface area contributed by atoms with Gasteiger partial charge in [-0.3, -0.25) is 10.2 Å². The number of benzene rings is 1. The number of hydrogen-bond acceptors (Lipinski definition) is 4. The van der Waals surface area contributed by atoms with Gasteiger partial charge >= 0.3 is 0 Å². The fourth-order valence-electron chi connectivity index (χ4n) is 2.63. The number of amides is 1. The summed E-state index contributed by atoms with van der Waals surface area (Å²) >= 11 is 0. The summed E-state index contributed by atoms with van der Waals surface area (Å²) in [5.41, 5.74) is 2.56. The predicted molar refractivity (Wildman–Crippen MR) is 81.0 cm³/mol. The van der Waals surface area contributed by atoms with Crippen LogP contribution in [0.2, 0.25) is 0 Å². The zero-order chi connectivity index (χ0) is 14.9. The van der Waals surface area contributed by atoms with Crippen LogP contribution in [0.4, 0.5) is 0 Å². The summed E-state index contributed by atoms with van der Waals surface area (Å²) in [6.07, 6.45) is 7.79. The molecule has 3 N–H and O–H groups in total. The van der Waals surface area contributed by atoms with Gasteiger partial charge in [0.25, 0.3) is 5.91 Å². The summed E-state index contributed by atoms with van der Waals surface area (Å²) in [5, 5.41) is 0. The topological polar surface area (TPSA) is 73.6 Å². The van der Waals surface area contributed by atoms with E-state index in [0.717, 1.165) is 12.8 Å². The molecule has 0 unspecified atom stereocenters. The number of rotatable bonds is 6. The SMILES string of the molecule is NNC(=O)c1ccccc1OCCOC1CCCCCC1. The van der Waals surface area contributed by atoms with Crippen molar-refractivity contribution >= 4 is 5.91 Å². The molecule has 0 atom stereocenters. The second-order valence-corrected chi connectivity index (χ2v) is 5.30. The highest BCUT2D eigenvalue weighted by Crippen LogP contribution is 2.20. The Kier molecular flexibility index (Phi) is 6.50. The van der Waals surface area contributed by atoms with Gasteiger partial charge in [-0.05, 0) is 25.0 Å². The maximum absolute atomic E-state index is 11.6. The summed E-state index contributed by atoms with van der Waals surface area (Å²) in [6.45, 7) is 0.981. The van der Waals surface area contributed by atoms with E-state index in [9.17, 15) is 4.79 Å². The van der Waals surface area contributed by atoms with Crippen molar-refractivity contribution in [1.29, 1.82) is 0 Å². The van der Waals surface area contributed by atoms with Crippen molar-refractivity contribution in [1.82, 2.24) is 5.43 Å². The van der Waals surface area contributed by atoms with Crippen LogP contribution in [-0.4, -0.2) is 25.2 Å². The van der Waals surface area contributed by atoms with E-state index in [0.29, 0.717) is 30.6 Å². The summed E-state index contributed by atoms with van der Waals surface area (Å²) in [5.74, 6) is 5.34. The van der Waals surface area contributed by atoms with Crippen LogP contribution in [0.15, 0.2) is 24.3 Å². The van der Waals surface area contributed by atoms with Gasteiger partial charge < -0.3 is 9.47 Å². The average Bonchev–Trinajstić information content (AvgIpc) is 2.80. The number of ether oxygens (including phenoxy) is 2. The third-order valence-electron chi connectivity index (χ3n) is 3.76. The molecule has 1 fully saturated rings. The first-order valence-corrected chi connectivity index (χ1v) is 7.65. The molecule has 1 aromatic rings. The molecule has 0 aliphatic heterocycles. The number of carbonyl (C=O) groups excluding carboxylic acids is 1. The molecule has 1 aliphatic rings. The smallest absolute Gasteiger partial charge is 0.268 e. The molecule has 5 heteroatoms. The van der Waals surface area contributed by atoms with Crippen LogP contribution in [0, 0.1) is 0 Å². The summed E-state index contributed by atoms with van der Waals surface area (Å²) in [4.78, 5) is 11.6. The Bertz CT molecular complexity index is 443. The van der Waals surface area contributed by atoms with Crippen LogP contribution in [0.5, 0.6) is 5.75 Å². The van der Waals surface area contributed by atoms with Crippen molar-refractivity contribution in [2.75, 3.05) is 13.2 Å². The number of nitrogen functional groups attached to an aromatic ring is 1. The Labute approximate surface area is 125 Å². The van der Waals surface area contributed by atoms with Crippen molar-refractivity contribution in [3.63, 3.8) is 0 Å². The van der Waals surface area contributed by atoms with Crippen molar-refractivity contribution < 1.29 is 14.3 Å². The largest absolute Gasteiger partial charge is 0.490 e. The summed E-state index contributed by atoms with van der Waals surface area (Å²) < 4.78 is 11.5. The Morgan fingerprint density at radius 2 is 1.86 bits per heavy atom. The van der Waals surface area contributed by atoms with E-state index in [4.69, 9.17) is 15.3 Å². The standard InChI is InChI=1S/C16H24N2O3/c17-18-16(19)14-9-5-6-10-15(14)21-12-11-20-13-7-3-1-2-4-8-13/h5-6,9-10,13H,1-4,7-8,11-12,17H2,(H,18,19). The minimum atomic E-state index is -0.352. The number of para-hydroxylation sites is 1. The number of hydrazine groups is 1. The van der Waals surface area contributed by atoms with E-state index in [-0.39, 0.29) is 5.91 Å². The van der Waals surface area contributed by atoms with Crippen LogP contribution in [-0.2, 0) is 4.74 Å². The molecule has 5 nitrogen and oxygen atoms in total. The van der Waals surface area contributed by atoms with E-state index in [1.54, 1.807) is 18.2 Å². The average molecular weight is 292 g/mol. The van der Waals surface area contributed by atoms with Gasteiger partial charge in [0, 0.05) is 0 Å². The predicted octanol–water partition coefficient (Wildman–Crippen LogP) is 2.41. The van der Waals surface area contributed by atoms with Gasteiger partial charge in [-0.25, -0.2) is 5.84 Å². The van der Waals surface area contributed by atoms with Gasteiger partial charge in [-0.15, -0.1) is 0 Å². The Balaban J connectivity index is 1.76. The van der Waals surface area contributed by atoms with Gasteiger partial charge in [0.05, 0.1) is 18.3 Å². The highest BCUT2D eigenvalue weighted by Gasteiger charge is 2.13. The number of carbonyl (C=O) groups is 1. The molecule has 116 valence electrons. The van der Waals surface area contributed by atoms with Crippen LogP contribution >= 0.6 is 0 Å². The maximum atomic E-state index is 11.6. The monoisotopic (exact) mass is 292 g/mol. The van der Waals surface area contributed by atoms with Crippen molar-refractivity contribution in [2.45, 2.75) is 44.6 Å². The zero-order valence-electron chi connectivity index (χ0n) is 12.3. The van der Waals surface area contributed by atoms with Gasteiger partial charge in [0.15, 0.2) is 0 Å². The van der Waals surface area contributed by atoms with Gasteiger partial charge in [-0.2, -0.15) is 0 Å². The van der Waals surface area contributed by atoms with Crippen molar-refractivity contribution in [3.8, 4) is 5.75 Å². The van der Waals surface area contributed by atoms with E-state index < -0.39 is 0 Å². The molecule has 0 spiro atoms. The minimum absolute atomic E-state index is 0.352. The third-order valence-corrected chi connectivity index (χ3v) is 3.76. The minimum Gasteiger partial charge on any atom is -0.490 e. The molecule has 2 rings (SSSR count). The normalized spacial score (nSPS) is 16.2. The van der Waals surface area contributed by atoms with E-state index in [1.165, 1.54) is 25.7 Å². The lowest BCUT2D eigenvalue weighted by Crippen LogP contribution is -2.30. The second kappa shape index (κ2) is 8.64. The second-order valence-electron chi connectivity index (χ2n) is 5.30. The molecular formula is C16H24N2O3. The lowest BCUT2D eigenvalue weighted by atomic mass is 10.1. The molecular weight excluding hydrogens is 268 g/mol. The van der Waals surface area contributed by atoms with Crippen molar-refractivity contribution in [2.24, 2.45) is 5.84 Å². The molecule has 0 saturated heterocycles. The number of nitrogens with two attached hydrogens (primary N) is 1. The molecule has 0 radical (unpaired) electrons. The van der Waals surface area contributed by atoms with Gasteiger partial charge in [-0.1, -0.05) is 37.8 Å². The lowest BCUT2D eigenvalue weighted by Gasteiger charge is -2.16. The molecule has 1 aliphatic carbocycles. The maximum Gasteiger partial charge on any atom is 0.268 e. The third kappa shape index (κ3) is 5.02. The first-order chi connectivity index (χ1) is 10.3. The Hall–Kier alpha value is -1.59. The van der Waals surface area contributed by atoms with E-state index >= 15 is 0 Å². The fourth-order valence-corrected chi connectivity index (χ4v) is 2.63. The molecule has 1 aromatic carbocycles. The van der Waals surface area contributed by atoms with Crippen molar-refractivity contribution in [3.05, 3.63) is 29.8 Å².